The second kappa shape index (κ2) is 13.2. The van der Waals surface area contributed by atoms with Crippen LogP contribution in [0.1, 0.15) is 64.7 Å². The molecule has 0 radical (unpaired) electrons. The summed E-state index contributed by atoms with van der Waals surface area (Å²) in [7, 11) is 0. The van der Waals surface area contributed by atoms with Crippen LogP contribution >= 0.6 is 0 Å². The van der Waals surface area contributed by atoms with Gasteiger partial charge >= 0.3 is 11.4 Å². The molecule has 20 heavy (non-hydrogen) atoms. The van der Waals surface area contributed by atoms with Crippen molar-refractivity contribution in [1.82, 2.24) is 5.32 Å². The molecule has 0 aliphatic heterocycles. The summed E-state index contributed by atoms with van der Waals surface area (Å²) in [5.41, 5.74) is 0. The number of rotatable bonds is 13. The first-order valence-electron chi connectivity index (χ1n) is 7.02. The SMILES string of the molecule is CC(=O)CCCCCCCCCC(=O)NCOS(=O)O. The Kier molecular flexibility index (Phi) is 12.7. The van der Waals surface area contributed by atoms with Gasteiger partial charge in [0, 0.05) is 12.8 Å². The number of nitrogens with one attached hydrogen (secondary N) is 1. The van der Waals surface area contributed by atoms with Gasteiger partial charge < -0.3 is 10.1 Å². The summed E-state index contributed by atoms with van der Waals surface area (Å²) in [6, 6.07) is 0. The average molecular weight is 307 g/mol. The molecule has 0 aromatic heterocycles. The fraction of sp³-hybridized carbons (Fsp3) is 0.846. The van der Waals surface area contributed by atoms with Crippen LogP contribution in [0, 0.1) is 0 Å². The van der Waals surface area contributed by atoms with Crippen LogP contribution in [0.3, 0.4) is 0 Å². The van der Waals surface area contributed by atoms with E-state index in [9.17, 15) is 13.8 Å². The Balaban J connectivity index is 3.21. The Morgan fingerprint density at radius 2 is 1.50 bits per heavy atom. The van der Waals surface area contributed by atoms with Gasteiger partial charge in [0.2, 0.25) is 5.91 Å². The van der Waals surface area contributed by atoms with Crippen LogP contribution in [-0.2, 0) is 25.1 Å². The lowest BCUT2D eigenvalue weighted by atomic mass is 10.1. The van der Waals surface area contributed by atoms with E-state index in [2.05, 4.69) is 9.50 Å². The molecule has 6 nitrogen and oxygen atoms in total. The van der Waals surface area contributed by atoms with Crippen molar-refractivity contribution in [3.05, 3.63) is 0 Å². The Morgan fingerprint density at radius 3 is 2.00 bits per heavy atom. The highest BCUT2D eigenvalue weighted by atomic mass is 32.2. The predicted molar refractivity (Wildman–Crippen MR) is 77.1 cm³/mol. The van der Waals surface area contributed by atoms with Gasteiger partial charge in [-0.15, -0.1) is 0 Å². The van der Waals surface area contributed by atoms with Crippen molar-refractivity contribution in [3.8, 4) is 0 Å². The number of ketones is 1. The fourth-order valence-electron chi connectivity index (χ4n) is 1.79. The number of hydrogen-bond donors (Lipinski definition) is 2. The van der Waals surface area contributed by atoms with Crippen LogP contribution in [-0.4, -0.2) is 27.2 Å². The standard InChI is InChI=1S/C13H25NO5S/c1-12(15)9-7-5-3-2-4-6-8-10-13(16)14-11-19-20(17)18/h2-11H2,1H3,(H,14,16)(H,17,18). The van der Waals surface area contributed by atoms with Crippen LogP contribution in [0.4, 0.5) is 0 Å². The monoisotopic (exact) mass is 307 g/mol. The maximum absolute atomic E-state index is 11.3. The molecule has 0 bridgehead atoms. The van der Waals surface area contributed by atoms with E-state index >= 15 is 0 Å². The van der Waals surface area contributed by atoms with E-state index in [1.807, 2.05) is 0 Å². The van der Waals surface area contributed by atoms with Gasteiger partial charge in [0.25, 0.3) is 0 Å². The van der Waals surface area contributed by atoms with E-state index < -0.39 is 11.4 Å². The molecule has 1 unspecified atom stereocenters. The quantitative estimate of drug-likeness (QED) is 0.309. The lowest BCUT2D eigenvalue weighted by Gasteiger charge is -2.04. The zero-order valence-corrected chi connectivity index (χ0v) is 12.9. The Hall–Kier alpha value is -0.790. The molecule has 7 heteroatoms. The minimum Gasteiger partial charge on any atom is -0.332 e. The van der Waals surface area contributed by atoms with E-state index in [0.29, 0.717) is 12.8 Å². The van der Waals surface area contributed by atoms with Crippen molar-refractivity contribution in [2.24, 2.45) is 0 Å². The van der Waals surface area contributed by atoms with Crippen molar-refractivity contribution < 1.29 is 22.5 Å². The Morgan fingerprint density at radius 1 is 1.00 bits per heavy atom. The van der Waals surface area contributed by atoms with Crippen molar-refractivity contribution >= 4 is 23.1 Å². The second-order valence-corrected chi connectivity index (χ2v) is 5.43. The van der Waals surface area contributed by atoms with E-state index in [0.717, 1.165) is 44.9 Å². The average Bonchev–Trinajstić information content (AvgIpc) is 2.36. The van der Waals surface area contributed by atoms with Crippen molar-refractivity contribution in [2.75, 3.05) is 6.73 Å². The van der Waals surface area contributed by atoms with Crippen LogP contribution in [0.5, 0.6) is 0 Å². The molecule has 1 amide bonds. The minimum absolute atomic E-state index is 0.170. The third-order valence-electron chi connectivity index (χ3n) is 2.86. The molecule has 118 valence electrons. The molecule has 0 spiro atoms. The molecule has 0 heterocycles. The lowest BCUT2D eigenvalue weighted by molar-refractivity contribution is -0.122. The summed E-state index contributed by atoms with van der Waals surface area (Å²) in [5, 5.41) is 2.40. The summed E-state index contributed by atoms with van der Waals surface area (Å²) in [6.45, 7) is 1.38. The summed E-state index contributed by atoms with van der Waals surface area (Å²) in [5.74, 6) is 0.0851. The smallest absolute Gasteiger partial charge is 0.303 e. The van der Waals surface area contributed by atoms with Crippen LogP contribution in [0.2, 0.25) is 0 Å². The van der Waals surface area contributed by atoms with Crippen LogP contribution in [0.15, 0.2) is 0 Å². The van der Waals surface area contributed by atoms with Crippen molar-refractivity contribution in [2.45, 2.75) is 64.7 Å². The molecule has 0 saturated heterocycles. The summed E-state index contributed by atoms with van der Waals surface area (Å²) in [4.78, 5) is 22.0. The van der Waals surface area contributed by atoms with Gasteiger partial charge in [0.15, 0.2) is 0 Å². The molecule has 0 aromatic rings. The van der Waals surface area contributed by atoms with Gasteiger partial charge in [-0.2, -0.15) is 4.21 Å². The Bertz CT molecular complexity index is 309. The highest BCUT2D eigenvalue weighted by Gasteiger charge is 2.01. The normalized spacial score (nSPS) is 12.1. The predicted octanol–water partition coefficient (Wildman–Crippen LogP) is 2.31. The first-order valence-corrected chi connectivity index (χ1v) is 8.06. The molecule has 2 N–H and O–H groups in total. The number of hydrogen-bond acceptors (Lipinski definition) is 4. The Labute approximate surface area is 123 Å². The van der Waals surface area contributed by atoms with Gasteiger partial charge in [-0.1, -0.05) is 32.1 Å². The van der Waals surface area contributed by atoms with Crippen LogP contribution in [0.25, 0.3) is 0 Å². The molecular weight excluding hydrogens is 282 g/mol. The maximum Gasteiger partial charge on any atom is 0.303 e. The minimum atomic E-state index is -2.33. The fourth-order valence-corrected chi connectivity index (χ4v) is 1.95. The van der Waals surface area contributed by atoms with Crippen LogP contribution < -0.4 is 5.32 Å². The maximum atomic E-state index is 11.3. The molecule has 1 atom stereocenters. The molecule has 0 aliphatic rings. The van der Waals surface area contributed by atoms with E-state index in [4.69, 9.17) is 4.55 Å². The largest absolute Gasteiger partial charge is 0.332 e. The van der Waals surface area contributed by atoms with Gasteiger partial charge in [0.1, 0.15) is 12.5 Å². The highest BCUT2D eigenvalue weighted by molar-refractivity contribution is 7.74. The number of Topliss-reactive ketones (excluding diaryl/α,β-unsaturated/α-hetero) is 1. The van der Waals surface area contributed by atoms with Gasteiger partial charge in [0.05, 0.1) is 0 Å². The number of carbonyl (C=O) groups excluding carboxylic acids is 2. The molecule has 0 aliphatic carbocycles. The van der Waals surface area contributed by atoms with Crippen molar-refractivity contribution in [3.63, 3.8) is 0 Å². The number of unbranched alkanes of at least 4 members (excludes halogenated alkanes) is 6. The highest BCUT2D eigenvalue weighted by Crippen LogP contribution is 2.09. The molecule has 0 aromatic carbocycles. The summed E-state index contributed by atoms with van der Waals surface area (Å²) >= 11 is -2.33. The first-order chi connectivity index (χ1) is 9.52. The second-order valence-electron chi connectivity index (χ2n) is 4.76. The molecule has 0 fully saturated rings. The topological polar surface area (TPSA) is 92.7 Å². The third-order valence-corrected chi connectivity index (χ3v) is 3.18. The van der Waals surface area contributed by atoms with Gasteiger partial charge in [-0.05, 0) is 19.8 Å². The van der Waals surface area contributed by atoms with E-state index in [1.165, 1.54) is 0 Å². The van der Waals surface area contributed by atoms with E-state index in [-0.39, 0.29) is 18.4 Å². The van der Waals surface area contributed by atoms with Crippen molar-refractivity contribution in [1.29, 1.82) is 0 Å². The number of amides is 1. The summed E-state index contributed by atoms with van der Waals surface area (Å²) in [6.07, 6.45) is 8.31. The molecule has 0 saturated carbocycles. The van der Waals surface area contributed by atoms with E-state index in [1.54, 1.807) is 6.92 Å². The first kappa shape index (κ1) is 19.2. The third kappa shape index (κ3) is 15.3. The molecule has 0 rings (SSSR count). The zero-order chi connectivity index (χ0) is 15.2. The lowest BCUT2D eigenvalue weighted by Crippen LogP contribution is -2.26. The zero-order valence-electron chi connectivity index (χ0n) is 12.1. The van der Waals surface area contributed by atoms with Gasteiger partial charge in [-0.3, -0.25) is 9.35 Å². The van der Waals surface area contributed by atoms with Gasteiger partial charge in [-0.25, -0.2) is 4.18 Å². The molecular formula is C13H25NO5S. The number of carbonyl (C=O) groups is 2. The summed E-state index contributed by atoms with van der Waals surface area (Å²) < 4.78 is 22.7.